The van der Waals surface area contributed by atoms with E-state index in [-0.39, 0.29) is 11.9 Å². The average molecular weight is 287 g/mol. The Morgan fingerprint density at radius 1 is 1.33 bits per heavy atom. The maximum Gasteiger partial charge on any atom is 0.244 e. The minimum absolute atomic E-state index is 0.0800. The fourth-order valence-electron chi connectivity index (χ4n) is 3.33. The summed E-state index contributed by atoms with van der Waals surface area (Å²) >= 11 is 0. The Balaban J connectivity index is 1.63. The number of benzene rings is 1. The Bertz CT molecular complexity index is 510. The zero-order chi connectivity index (χ0) is 15.0. The summed E-state index contributed by atoms with van der Waals surface area (Å²) in [5.74, 6) is -0.0800. The molecule has 1 aromatic carbocycles. The second kappa shape index (κ2) is 5.43. The quantitative estimate of drug-likeness (QED) is 0.884. The van der Waals surface area contributed by atoms with E-state index >= 15 is 0 Å². The van der Waals surface area contributed by atoms with Crippen LogP contribution in [0.25, 0.3) is 0 Å². The van der Waals surface area contributed by atoms with Gasteiger partial charge < -0.3 is 11.1 Å². The molecule has 2 fully saturated rings. The molecule has 1 aliphatic heterocycles. The average Bonchev–Trinajstić information content (AvgIpc) is 3.24. The number of carbonyl (C=O) groups is 1. The molecule has 4 nitrogen and oxygen atoms in total. The van der Waals surface area contributed by atoms with Gasteiger partial charge in [-0.1, -0.05) is 30.3 Å². The topological polar surface area (TPSA) is 58.4 Å². The monoisotopic (exact) mass is 287 g/mol. The summed E-state index contributed by atoms with van der Waals surface area (Å²) in [5.41, 5.74) is 6.16. The highest BCUT2D eigenvalue weighted by Crippen LogP contribution is 2.33. The number of nitrogens with zero attached hydrogens (tertiary/aromatic N) is 1. The van der Waals surface area contributed by atoms with E-state index in [2.05, 4.69) is 17.1 Å². The van der Waals surface area contributed by atoms with Crippen molar-refractivity contribution in [2.75, 3.05) is 6.54 Å². The number of likely N-dealkylation sites (tertiary alicyclic amines) is 1. The lowest BCUT2D eigenvalue weighted by molar-refractivity contribution is -0.126. The zero-order valence-corrected chi connectivity index (χ0v) is 12.9. The number of carbonyl (C=O) groups excluding carboxylic acids is 1. The van der Waals surface area contributed by atoms with Crippen LogP contribution in [0.3, 0.4) is 0 Å². The van der Waals surface area contributed by atoms with Crippen molar-refractivity contribution in [3.63, 3.8) is 0 Å². The normalized spacial score (nSPS) is 29.1. The molecule has 1 saturated carbocycles. The first-order chi connectivity index (χ1) is 9.98. The summed E-state index contributed by atoms with van der Waals surface area (Å²) in [6.07, 6.45) is 3.64. The van der Waals surface area contributed by atoms with Crippen molar-refractivity contribution in [1.29, 1.82) is 0 Å². The molecule has 0 spiro atoms. The lowest BCUT2D eigenvalue weighted by atomic mass is 9.92. The van der Waals surface area contributed by atoms with Gasteiger partial charge in [-0.15, -0.1) is 0 Å². The molecular weight excluding hydrogens is 262 g/mol. The minimum atomic E-state index is -0.975. The third-order valence-electron chi connectivity index (χ3n) is 4.82. The van der Waals surface area contributed by atoms with E-state index in [4.69, 9.17) is 5.73 Å². The lowest BCUT2D eigenvalue weighted by Crippen LogP contribution is -2.52. The first-order valence-corrected chi connectivity index (χ1v) is 7.89. The largest absolute Gasteiger partial charge is 0.350 e. The van der Waals surface area contributed by atoms with Gasteiger partial charge in [0.2, 0.25) is 5.91 Å². The van der Waals surface area contributed by atoms with Crippen molar-refractivity contribution >= 4 is 5.91 Å². The SMILES string of the molecule is CC1CC(NC(=O)C(C)(N)c2ccccc2)CN1C1CC1. The molecule has 1 aromatic rings. The van der Waals surface area contributed by atoms with Crippen LogP contribution in [0.1, 0.15) is 38.7 Å². The van der Waals surface area contributed by atoms with Gasteiger partial charge in [-0.25, -0.2) is 0 Å². The summed E-state index contributed by atoms with van der Waals surface area (Å²) in [6, 6.07) is 11.1. The van der Waals surface area contributed by atoms with Gasteiger partial charge in [-0.3, -0.25) is 9.69 Å². The molecule has 1 aliphatic carbocycles. The Morgan fingerprint density at radius 2 is 2.00 bits per heavy atom. The number of amides is 1. The number of nitrogens with one attached hydrogen (secondary N) is 1. The highest BCUT2D eigenvalue weighted by atomic mass is 16.2. The maximum absolute atomic E-state index is 12.6. The molecule has 3 rings (SSSR count). The van der Waals surface area contributed by atoms with Gasteiger partial charge in [0.05, 0.1) is 0 Å². The Kier molecular flexibility index (Phi) is 3.76. The van der Waals surface area contributed by atoms with Gasteiger partial charge in [-0.2, -0.15) is 0 Å². The van der Waals surface area contributed by atoms with Crippen LogP contribution in [-0.2, 0) is 10.3 Å². The lowest BCUT2D eigenvalue weighted by Gasteiger charge is -2.26. The highest BCUT2D eigenvalue weighted by Gasteiger charge is 2.40. The van der Waals surface area contributed by atoms with Gasteiger partial charge in [0, 0.05) is 24.7 Å². The van der Waals surface area contributed by atoms with E-state index in [1.54, 1.807) is 6.92 Å². The fourth-order valence-corrected chi connectivity index (χ4v) is 3.33. The molecule has 2 aliphatic rings. The molecule has 1 saturated heterocycles. The van der Waals surface area contributed by atoms with Crippen molar-refractivity contribution in [3.8, 4) is 0 Å². The van der Waals surface area contributed by atoms with Crippen LogP contribution in [0.4, 0.5) is 0 Å². The second-order valence-electron chi connectivity index (χ2n) is 6.75. The van der Waals surface area contributed by atoms with Crippen molar-refractivity contribution in [2.24, 2.45) is 5.73 Å². The van der Waals surface area contributed by atoms with E-state index in [1.165, 1.54) is 12.8 Å². The van der Waals surface area contributed by atoms with Crippen LogP contribution in [0.5, 0.6) is 0 Å². The third-order valence-corrected chi connectivity index (χ3v) is 4.82. The molecule has 3 atom stereocenters. The molecule has 21 heavy (non-hydrogen) atoms. The molecule has 1 amide bonds. The molecule has 3 unspecified atom stereocenters. The van der Waals surface area contributed by atoms with E-state index < -0.39 is 5.54 Å². The smallest absolute Gasteiger partial charge is 0.244 e. The number of nitrogens with two attached hydrogens (primary N) is 1. The van der Waals surface area contributed by atoms with E-state index in [0.29, 0.717) is 6.04 Å². The van der Waals surface area contributed by atoms with Gasteiger partial charge in [0.25, 0.3) is 0 Å². The highest BCUT2D eigenvalue weighted by molar-refractivity contribution is 5.87. The molecule has 3 N–H and O–H groups in total. The van der Waals surface area contributed by atoms with Crippen LogP contribution < -0.4 is 11.1 Å². The molecule has 0 aromatic heterocycles. The fraction of sp³-hybridized carbons (Fsp3) is 0.588. The standard InChI is InChI=1S/C17H25N3O/c1-12-10-14(11-20(12)15-8-9-15)19-16(21)17(2,18)13-6-4-3-5-7-13/h3-7,12,14-15H,8-11,18H2,1-2H3,(H,19,21). The zero-order valence-electron chi connectivity index (χ0n) is 12.9. The molecule has 114 valence electrons. The summed E-state index contributed by atoms with van der Waals surface area (Å²) in [4.78, 5) is 15.1. The van der Waals surface area contributed by atoms with Gasteiger partial charge >= 0.3 is 0 Å². The third kappa shape index (κ3) is 2.97. The summed E-state index contributed by atoms with van der Waals surface area (Å²) in [6.45, 7) is 5.00. The minimum Gasteiger partial charge on any atom is -0.350 e. The molecule has 4 heteroatoms. The summed E-state index contributed by atoms with van der Waals surface area (Å²) in [7, 11) is 0. The molecule has 0 radical (unpaired) electrons. The van der Waals surface area contributed by atoms with Crippen LogP contribution in [0.2, 0.25) is 0 Å². The number of hydrogen-bond donors (Lipinski definition) is 2. The Morgan fingerprint density at radius 3 is 2.62 bits per heavy atom. The van der Waals surface area contributed by atoms with Crippen LogP contribution in [0, 0.1) is 0 Å². The Labute approximate surface area is 126 Å². The molecule has 1 heterocycles. The summed E-state index contributed by atoms with van der Waals surface area (Å²) < 4.78 is 0. The van der Waals surface area contributed by atoms with Gasteiger partial charge in [0.1, 0.15) is 5.54 Å². The van der Waals surface area contributed by atoms with Gasteiger partial charge in [0.15, 0.2) is 0 Å². The van der Waals surface area contributed by atoms with Crippen molar-refractivity contribution in [1.82, 2.24) is 10.2 Å². The first-order valence-electron chi connectivity index (χ1n) is 7.89. The molecular formula is C17H25N3O. The van der Waals surface area contributed by atoms with Crippen molar-refractivity contribution < 1.29 is 4.79 Å². The predicted molar refractivity (Wildman–Crippen MR) is 83.7 cm³/mol. The maximum atomic E-state index is 12.6. The van der Waals surface area contributed by atoms with Crippen molar-refractivity contribution in [2.45, 2.75) is 56.8 Å². The van der Waals surface area contributed by atoms with Gasteiger partial charge in [-0.05, 0) is 38.7 Å². The van der Waals surface area contributed by atoms with E-state index in [1.807, 2.05) is 30.3 Å². The summed E-state index contributed by atoms with van der Waals surface area (Å²) in [5, 5.41) is 3.16. The Hall–Kier alpha value is -1.39. The molecule has 0 bridgehead atoms. The van der Waals surface area contributed by atoms with E-state index in [9.17, 15) is 4.79 Å². The van der Waals surface area contributed by atoms with Crippen molar-refractivity contribution in [3.05, 3.63) is 35.9 Å². The number of hydrogen-bond acceptors (Lipinski definition) is 3. The first kappa shape index (κ1) is 14.5. The van der Waals surface area contributed by atoms with Crippen LogP contribution >= 0.6 is 0 Å². The van der Waals surface area contributed by atoms with Crippen LogP contribution in [-0.4, -0.2) is 35.5 Å². The predicted octanol–water partition coefficient (Wildman–Crippen LogP) is 1.60. The number of rotatable bonds is 4. The second-order valence-corrected chi connectivity index (χ2v) is 6.75. The van der Waals surface area contributed by atoms with E-state index in [0.717, 1.165) is 24.6 Å². The van der Waals surface area contributed by atoms with Crippen LogP contribution in [0.15, 0.2) is 30.3 Å².